The molecule has 0 aliphatic rings. The van der Waals surface area contributed by atoms with Gasteiger partial charge in [-0.2, -0.15) is 0 Å². The molecule has 1 aromatic heterocycles. The number of pyridine rings is 1. The minimum Gasteiger partial charge on any atom is -0.512 e. The number of carbonyl (C=O) groups is 1. The number of allylic oxidation sites excluding steroid dienone is 2. The van der Waals surface area contributed by atoms with Crippen LogP contribution in [0.25, 0.3) is 22.0 Å². The van der Waals surface area contributed by atoms with Crippen LogP contribution in [-0.2, 0) is 24.9 Å². The van der Waals surface area contributed by atoms with Crippen molar-refractivity contribution in [2.45, 2.75) is 27.7 Å². The Bertz CT molecular complexity index is 923. The standard InChI is InChI=1S/C17H14N.C5H8O2.Ir/c1-12-8-9-15(13(2)11-12)16-7-3-5-14-6-4-10-18-17(14)16;1-4(6)3-5(2)7;/h3-8,10-11H,1-2H3;3,6H,1-2H3;/q-1;;/b;4-3-;. The molecule has 0 aliphatic heterocycles. The molecule has 0 bridgehead atoms. The van der Waals surface area contributed by atoms with E-state index in [9.17, 15) is 4.79 Å². The maximum absolute atomic E-state index is 10.0. The van der Waals surface area contributed by atoms with Gasteiger partial charge >= 0.3 is 0 Å². The number of para-hydroxylation sites is 1. The van der Waals surface area contributed by atoms with Crippen molar-refractivity contribution < 1.29 is 30.0 Å². The zero-order valence-electron chi connectivity index (χ0n) is 15.3. The summed E-state index contributed by atoms with van der Waals surface area (Å²) >= 11 is 0. The van der Waals surface area contributed by atoms with Crippen LogP contribution in [0.2, 0.25) is 0 Å². The van der Waals surface area contributed by atoms with Gasteiger partial charge in [0.15, 0.2) is 5.78 Å². The van der Waals surface area contributed by atoms with Gasteiger partial charge in [0.25, 0.3) is 0 Å². The number of benzene rings is 2. The van der Waals surface area contributed by atoms with Crippen molar-refractivity contribution in [2.75, 3.05) is 0 Å². The summed E-state index contributed by atoms with van der Waals surface area (Å²) in [7, 11) is 0. The maximum atomic E-state index is 10.0. The van der Waals surface area contributed by atoms with E-state index in [0.717, 1.165) is 16.6 Å². The Hall–Kier alpha value is -2.29. The molecule has 0 saturated carbocycles. The summed E-state index contributed by atoms with van der Waals surface area (Å²) in [6.45, 7) is 7.07. The molecule has 1 radical (unpaired) electrons. The number of fused-ring (bicyclic) bond motifs is 1. The quantitative estimate of drug-likeness (QED) is 0.279. The van der Waals surface area contributed by atoms with Crippen LogP contribution in [0.15, 0.2) is 60.5 Å². The number of nitrogens with zero attached hydrogens (tertiary/aromatic N) is 1. The van der Waals surface area contributed by atoms with Crippen molar-refractivity contribution in [2.24, 2.45) is 0 Å². The van der Waals surface area contributed by atoms with Gasteiger partial charge in [-0.25, -0.2) is 0 Å². The predicted octanol–water partition coefficient (Wildman–Crippen LogP) is 5.35. The van der Waals surface area contributed by atoms with Gasteiger partial charge in [-0.05, 0) is 25.3 Å². The molecular formula is C22H22IrNO2-. The second kappa shape index (κ2) is 10.0. The van der Waals surface area contributed by atoms with Gasteiger partial charge in [-0.3, -0.25) is 9.78 Å². The van der Waals surface area contributed by atoms with Gasteiger partial charge in [0, 0.05) is 37.9 Å². The monoisotopic (exact) mass is 525 g/mol. The van der Waals surface area contributed by atoms with E-state index in [1.54, 1.807) is 0 Å². The van der Waals surface area contributed by atoms with E-state index < -0.39 is 0 Å². The molecule has 3 nitrogen and oxygen atoms in total. The van der Waals surface area contributed by atoms with Crippen molar-refractivity contribution in [3.05, 3.63) is 77.7 Å². The third-order valence-electron chi connectivity index (χ3n) is 3.60. The molecular weight excluding hydrogens is 502 g/mol. The van der Waals surface area contributed by atoms with Crippen molar-refractivity contribution in [3.63, 3.8) is 0 Å². The minimum absolute atomic E-state index is 0. The Kier molecular flexibility index (Phi) is 8.37. The second-order valence-electron chi connectivity index (χ2n) is 6.01. The summed E-state index contributed by atoms with van der Waals surface area (Å²) in [4.78, 5) is 14.5. The van der Waals surface area contributed by atoms with Gasteiger partial charge in [0.1, 0.15) is 0 Å². The fourth-order valence-corrected chi connectivity index (χ4v) is 2.65. The van der Waals surface area contributed by atoms with Gasteiger partial charge in [0.2, 0.25) is 0 Å². The molecule has 2 aromatic carbocycles. The Labute approximate surface area is 168 Å². The van der Waals surface area contributed by atoms with Gasteiger partial charge in [-0.15, -0.1) is 34.9 Å². The van der Waals surface area contributed by atoms with Crippen LogP contribution in [0, 0.1) is 19.9 Å². The molecule has 4 heteroatoms. The fourth-order valence-electron chi connectivity index (χ4n) is 2.65. The number of aliphatic hydroxyl groups excluding tert-OH is 1. The molecule has 137 valence electrons. The van der Waals surface area contributed by atoms with Gasteiger partial charge in [0.05, 0.1) is 5.76 Å². The molecule has 0 unspecified atom stereocenters. The average molecular weight is 525 g/mol. The first-order chi connectivity index (χ1) is 11.9. The minimum atomic E-state index is -0.125. The van der Waals surface area contributed by atoms with Gasteiger partial charge < -0.3 is 5.11 Å². The van der Waals surface area contributed by atoms with Crippen molar-refractivity contribution in [1.29, 1.82) is 0 Å². The van der Waals surface area contributed by atoms with Crippen molar-refractivity contribution in [3.8, 4) is 11.1 Å². The van der Waals surface area contributed by atoms with Crippen LogP contribution in [0.1, 0.15) is 25.0 Å². The molecule has 1 heterocycles. The van der Waals surface area contributed by atoms with Crippen LogP contribution >= 0.6 is 0 Å². The van der Waals surface area contributed by atoms with Crippen LogP contribution in [0.5, 0.6) is 0 Å². The molecule has 1 N–H and O–H groups in total. The van der Waals surface area contributed by atoms with E-state index in [2.05, 4.69) is 55.2 Å². The van der Waals surface area contributed by atoms with Crippen LogP contribution < -0.4 is 0 Å². The summed E-state index contributed by atoms with van der Waals surface area (Å²) in [5.74, 6) is -0.0625. The molecule has 0 aliphatic carbocycles. The predicted molar refractivity (Wildman–Crippen MR) is 103 cm³/mol. The molecule has 0 fully saturated rings. The Morgan fingerprint density at radius 2 is 1.85 bits per heavy atom. The molecule has 0 amide bonds. The first kappa shape index (κ1) is 21.8. The van der Waals surface area contributed by atoms with E-state index in [1.807, 2.05) is 18.3 Å². The van der Waals surface area contributed by atoms with Crippen molar-refractivity contribution in [1.82, 2.24) is 4.98 Å². The number of aromatic nitrogens is 1. The Balaban J connectivity index is 0.000000366. The third kappa shape index (κ3) is 5.90. The number of ketones is 1. The molecule has 26 heavy (non-hydrogen) atoms. The van der Waals surface area contributed by atoms with Crippen LogP contribution in [0.3, 0.4) is 0 Å². The Morgan fingerprint density at radius 1 is 1.15 bits per heavy atom. The number of aliphatic hydroxyl groups is 1. The van der Waals surface area contributed by atoms with Crippen LogP contribution in [-0.4, -0.2) is 15.9 Å². The summed E-state index contributed by atoms with van der Waals surface area (Å²) in [6, 6.07) is 17.9. The Morgan fingerprint density at radius 3 is 2.42 bits per heavy atom. The number of rotatable bonds is 2. The first-order valence-corrected chi connectivity index (χ1v) is 8.09. The smallest absolute Gasteiger partial charge is 0.155 e. The number of hydrogen-bond donors (Lipinski definition) is 1. The van der Waals surface area contributed by atoms with Crippen molar-refractivity contribution >= 4 is 16.7 Å². The van der Waals surface area contributed by atoms with E-state index in [-0.39, 0.29) is 31.6 Å². The number of hydrogen-bond acceptors (Lipinski definition) is 3. The third-order valence-corrected chi connectivity index (χ3v) is 3.60. The molecule has 0 atom stereocenters. The fraction of sp³-hybridized carbons (Fsp3) is 0.182. The maximum Gasteiger partial charge on any atom is 0.155 e. The largest absolute Gasteiger partial charge is 0.512 e. The zero-order chi connectivity index (χ0) is 18.4. The topological polar surface area (TPSA) is 50.2 Å². The molecule has 0 saturated heterocycles. The average Bonchev–Trinajstić information content (AvgIpc) is 2.54. The number of aryl methyl sites for hydroxylation is 2. The van der Waals surface area contributed by atoms with E-state index >= 15 is 0 Å². The molecule has 0 spiro atoms. The van der Waals surface area contributed by atoms with E-state index in [0.29, 0.717) is 0 Å². The molecule has 3 rings (SSSR count). The first-order valence-electron chi connectivity index (χ1n) is 8.09. The summed E-state index contributed by atoms with van der Waals surface area (Å²) in [5.41, 5.74) is 5.83. The van der Waals surface area contributed by atoms with E-state index in [4.69, 9.17) is 5.11 Å². The number of carbonyl (C=O) groups excluding carboxylic acids is 1. The summed E-state index contributed by atoms with van der Waals surface area (Å²) < 4.78 is 0. The van der Waals surface area contributed by atoms with Gasteiger partial charge in [-0.1, -0.05) is 43.7 Å². The summed E-state index contributed by atoms with van der Waals surface area (Å²) in [5, 5.41) is 9.53. The normalized spacial score (nSPS) is 10.5. The summed E-state index contributed by atoms with van der Waals surface area (Å²) in [6.07, 6.45) is 3.01. The SMILES string of the molecule is CC(=O)/C=C(/C)O.Cc1c[c-]c(-c2cccc3cccnc23)c(C)c1.[Ir]. The molecule has 3 aromatic rings. The second-order valence-corrected chi connectivity index (χ2v) is 6.01. The zero-order valence-corrected chi connectivity index (χ0v) is 17.7. The van der Waals surface area contributed by atoms with Crippen LogP contribution in [0.4, 0.5) is 0 Å². The van der Waals surface area contributed by atoms with E-state index in [1.165, 1.54) is 36.4 Å².